The number of H-pyrrole nitrogens is 1. The normalized spacial score (nSPS) is 20.6. The number of phenolic OH excluding ortho intramolecular Hbond substituents is 1. The molecular formula is C61H76FN11O16S2. The van der Waals surface area contributed by atoms with Crippen molar-refractivity contribution in [3.05, 3.63) is 132 Å². The van der Waals surface area contributed by atoms with Gasteiger partial charge in [-0.15, -0.1) is 0 Å². The second-order valence-corrected chi connectivity index (χ2v) is 23.9. The number of fused-ring (bicyclic) bond motifs is 1. The monoisotopic (exact) mass is 1300 g/mol. The van der Waals surface area contributed by atoms with Crippen LogP contribution in [0.2, 0.25) is 0 Å². The van der Waals surface area contributed by atoms with Crippen molar-refractivity contribution in [2.75, 3.05) is 37.9 Å². The fourth-order valence-corrected chi connectivity index (χ4v) is 11.5. The van der Waals surface area contributed by atoms with Crippen molar-refractivity contribution in [2.45, 2.75) is 119 Å². The zero-order valence-electron chi connectivity index (χ0n) is 49.8. The molecular weight excluding hydrogens is 1220 g/mol. The van der Waals surface area contributed by atoms with Gasteiger partial charge in [-0.05, 0) is 104 Å². The maximum atomic E-state index is 15.0. The van der Waals surface area contributed by atoms with Gasteiger partial charge in [-0.3, -0.25) is 38.4 Å². The lowest BCUT2D eigenvalue weighted by Crippen LogP contribution is -2.62. The average Bonchev–Trinajstić information content (AvgIpc) is 1.98. The van der Waals surface area contributed by atoms with Crippen LogP contribution >= 0.6 is 21.6 Å². The third-order valence-corrected chi connectivity index (χ3v) is 16.6. The van der Waals surface area contributed by atoms with Gasteiger partial charge in [0.2, 0.25) is 41.4 Å². The number of aliphatic carboxylic acids is 1. The van der Waals surface area contributed by atoms with E-state index in [2.05, 4.69) is 52.7 Å². The summed E-state index contributed by atoms with van der Waals surface area (Å²) in [5.74, 6) is -9.97. The highest BCUT2D eigenvalue weighted by molar-refractivity contribution is 8.76. The largest absolute Gasteiger partial charge is 0.508 e. The summed E-state index contributed by atoms with van der Waals surface area (Å²) in [6, 6.07) is 14.7. The number of carboxylic acids is 1. The summed E-state index contributed by atoms with van der Waals surface area (Å²) in [6.45, 7) is 0.537. The number of carboxylic acid groups (broad SMARTS) is 1. The number of nitrogens with one attached hydrogen (secondary N) is 9. The number of hydrogen-bond donors (Lipinski definition) is 15. The molecule has 1 aliphatic heterocycles. The van der Waals surface area contributed by atoms with Crippen molar-refractivity contribution in [1.82, 2.24) is 47.5 Å². The first-order chi connectivity index (χ1) is 43.6. The van der Waals surface area contributed by atoms with Crippen LogP contribution in [0.4, 0.5) is 4.39 Å². The van der Waals surface area contributed by atoms with Crippen LogP contribution < -0.4 is 53.0 Å². The first-order valence-corrected chi connectivity index (χ1v) is 31.6. The molecule has 0 radical (unpaired) electrons. The molecule has 91 heavy (non-hydrogen) atoms. The highest BCUT2D eigenvalue weighted by Gasteiger charge is 2.37. The minimum absolute atomic E-state index is 0.0664. The number of unbranched alkanes of at least 4 members (excludes halogenated alkanes) is 1. The van der Waals surface area contributed by atoms with Crippen molar-refractivity contribution >= 4 is 91.9 Å². The summed E-state index contributed by atoms with van der Waals surface area (Å²) in [4.78, 5) is 136. The van der Waals surface area contributed by atoms with Crippen molar-refractivity contribution in [1.29, 1.82) is 0 Å². The SMILES string of the molecule is C[C@@H](O)C1NC(=O)[C@H](CCCCN)NC(=O)[C@@H](Cc2c[nH]c3ccccc23)NC(=O)C(Cc2ccc(O)cc2)NC(=O)[C@@H](NC(=O)[C@@H](Cc2ccccc2)NC(=O)CO/N=C/c2ccc(OCC(O)C[18F])cc2)CSSCC(C(=O)N[C@H](C(=O)O)[C@@H](C)O)NC1=O. The molecule has 490 valence electrons. The molecule has 16 N–H and O–H groups in total. The average molecular weight is 1300 g/mol. The zero-order chi connectivity index (χ0) is 66.0. The van der Waals surface area contributed by atoms with Gasteiger partial charge in [-0.1, -0.05) is 87.4 Å². The van der Waals surface area contributed by atoms with Crippen molar-refractivity contribution < 1.29 is 82.6 Å². The van der Waals surface area contributed by atoms with E-state index < -0.39 is 139 Å². The molecule has 6 rings (SSSR count). The molecule has 1 aliphatic rings. The van der Waals surface area contributed by atoms with E-state index in [0.717, 1.165) is 28.5 Å². The van der Waals surface area contributed by atoms with Gasteiger partial charge < -0.3 is 88.4 Å². The van der Waals surface area contributed by atoms with Gasteiger partial charge in [0.1, 0.15) is 73.2 Å². The molecule has 0 spiro atoms. The number of halogens is 1. The van der Waals surface area contributed by atoms with Gasteiger partial charge >= 0.3 is 5.97 Å². The lowest BCUT2D eigenvalue weighted by atomic mass is 10.0. The van der Waals surface area contributed by atoms with E-state index >= 15 is 9.59 Å². The summed E-state index contributed by atoms with van der Waals surface area (Å²) < 4.78 is 18.0. The van der Waals surface area contributed by atoms with Crippen LogP contribution in [0.3, 0.4) is 0 Å². The summed E-state index contributed by atoms with van der Waals surface area (Å²) in [5, 5.41) is 76.0. The van der Waals surface area contributed by atoms with Gasteiger partial charge in [-0.2, -0.15) is 0 Å². The Morgan fingerprint density at radius 2 is 1.40 bits per heavy atom. The van der Waals surface area contributed by atoms with Crippen LogP contribution in [0.5, 0.6) is 11.5 Å². The Bertz CT molecular complexity index is 3270. The van der Waals surface area contributed by atoms with E-state index in [0.29, 0.717) is 45.3 Å². The van der Waals surface area contributed by atoms with E-state index in [1.807, 2.05) is 0 Å². The van der Waals surface area contributed by atoms with Gasteiger partial charge in [0, 0.05) is 47.9 Å². The molecule has 4 aromatic carbocycles. The molecule has 0 aliphatic carbocycles. The molecule has 2 heterocycles. The minimum atomic E-state index is -1.88. The molecule has 1 saturated heterocycles. The van der Waals surface area contributed by atoms with E-state index in [-0.39, 0.29) is 56.8 Å². The standard InChI is InChI=1S/C61H76FN11O16S2/c1-34(74)52-60(85)71-50(59(84)73-53(35(2)75)61(86)87)33-91-90-32-49(70-55(80)46(24-36-10-4-3-5-11-36)66-51(78)31-89-65-28-38-17-21-42(22-18-38)88-30-41(77)27-62)58(83)68-47(25-37-15-19-40(76)20-16-37)56(81)69-48(26-39-29-64-44-13-7-6-12-43(39)44)57(82)67-45(54(79)72-52)14-8-9-23-63/h3-7,10-13,15-22,28-29,34-35,41,45-50,52-53,64,74-77H,8-9,14,23-27,30-33,63H2,1-2H3,(H,66,78)(H,67,82)(H,68,83)(H,69,81)(H,70,80)(H,71,85)(H,72,79)(H,73,84)(H,86,87)/b65-28+/t34-,35-,41?,45+,46-,47?,48-,49+,50?,52?,53+/m1/s1/i62-1. The maximum absolute atomic E-state index is 15.0. The second-order valence-electron chi connectivity index (χ2n) is 21.4. The number of oxime groups is 1. The van der Waals surface area contributed by atoms with Gasteiger partial charge in [0.15, 0.2) is 12.6 Å². The predicted molar refractivity (Wildman–Crippen MR) is 336 cm³/mol. The Hall–Kier alpha value is -8.81. The third-order valence-electron chi connectivity index (χ3n) is 14.2. The first kappa shape index (κ1) is 71.3. The number of alkyl halides is 1. The number of benzene rings is 4. The van der Waals surface area contributed by atoms with Gasteiger partial charge in [0.25, 0.3) is 5.91 Å². The van der Waals surface area contributed by atoms with Crippen molar-refractivity contribution in [3.63, 3.8) is 0 Å². The number of amides is 8. The lowest BCUT2D eigenvalue weighted by Gasteiger charge is -2.29. The van der Waals surface area contributed by atoms with Crippen LogP contribution in [-0.2, 0) is 67.3 Å². The third kappa shape index (κ3) is 22.9. The highest BCUT2D eigenvalue weighted by atomic mass is 33.1. The quantitative estimate of drug-likeness (QED) is 0.0149. The number of aliphatic hydroxyl groups excluding tert-OH is 3. The number of aromatic amines is 1. The molecule has 0 bridgehead atoms. The molecule has 1 fully saturated rings. The first-order valence-electron chi connectivity index (χ1n) is 29.1. The number of rotatable bonds is 26. The van der Waals surface area contributed by atoms with Crippen LogP contribution in [0.15, 0.2) is 114 Å². The van der Waals surface area contributed by atoms with E-state index in [1.54, 1.807) is 85.1 Å². The maximum Gasteiger partial charge on any atom is 0.328 e. The molecule has 27 nitrogen and oxygen atoms in total. The summed E-state index contributed by atoms with van der Waals surface area (Å²) in [6.07, 6.45) is -1.69. The Kier molecular flexibility index (Phi) is 28.3. The molecule has 0 saturated carbocycles. The van der Waals surface area contributed by atoms with Gasteiger partial charge in [0.05, 0.1) is 18.4 Å². The molecule has 30 heteroatoms. The molecule has 8 amide bonds. The van der Waals surface area contributed by atoms with Crippen LogP contribution in [0, 0.1) is 0 Å². The van der Waals surface area contributed by atoms with Crippen LogP contribution in [-0.4, -0.2) is 195 Å². The number of aliphatic hydroxyl groups is 3. The lowest BCUT2D eigenvalue weighted by molar-refractivity contribution is -0.145. The summed E-state index contributed by atoms with van der Waals surface area (Å²) in [7, 11) is 1.71. The minimum Gasteiger partial charge on any atom is -0.508 e. The molecule has 1 aromatic heterocycles. The Balaban J connectivity index is 1.37. The fraction of sp³-hybridized carbons (Fsp3) is 0.410. The number of aromatic hydroxyl groups is 1. The number of nitrogens with zero attached hydrogens (tertiary/aromatic N) is 1. The Labute approximate surface area is 530 Å². The summed E-state index contributed by atoms with van der Waals surface area (Å²) >= 11 is 0. The predicted octanol–water partition coefficient (Wildman–Crippen LogP) is -0.0901. The highest BCUT2D eigenvalue weighted by Crippen LogP contribution is 2.25. The molecule has 5 aromatic rings. The second kappa shape index (κ2) is 36.1. The van der Waals surface area contributed by atoms with E-state index in [4.69, 9.17) is 15.3 Å². The molecule has 11 atom stereocenters. The smallest absolute Gasteiger partial charge is 0.328 e. The number of hydrogen-bond acceptors (Lipinski definition) is 19. The van der Waals surface area contributed by atoms with Crippen LogP contribution in [0.25, 0.3) is 10.9 Å². The van der Waals surface area contributed by atoms with E-state index in [9.17, 15) is 63.5 Å². The van der Waals surface area contributed by atoms with Crippen molar-refractivity contribution in [3.8, 4) is 11.5 Å². The number of nitrogens with two attached hydrogens (primary N) is 1. The Morgan fingerprint density at radius 3 is 2.07 bits per heavy atom. The zero-order valence-corrected chi connectivity index (χ0v) is 51.4. The molecule has 4 unspecified atom stereocenters. The number of para-hydroxylation sites is 1. The van der Waals surface area contributed by atoms with Crippen molar-refractivity contribution in [2.24, 2.45) is 10.9 Å². The Morgan fingerprint density at radius 1 is 0.747 bits per heavy atom. The summed E-state index contributed by atoms with van der Waals surface area (Å²) in [5.41, 5.74) is 8.55. The fourth-order valence-electron chi connectivity index (χ4n) is 9.19. The van der Waals surface area contributed by atoms with Crippen LogP contribution in [0.1, 0.15) is 55.4 Å². The number of carbonyl (C=O) groups is 9. The van der Waals surface area contributed by atoms with E-state index in [1.165, 1.54) is 37.4 Å². The number of aromatic nitrogens is 1. The topological polar surface area (TPSA) is 424 Å². The number of phenols is 1. The van der Waals surface area contributed by atoms with Gasteiger partial charge in [-0.25, -0.2) is 9.18 Å². The number of carbonyl (C=O) groups excluding carboxylic acids is 8. The number of ether oxygens (including phenoxy) is 1.